The molecule has 0 radical (unpaired) electrons. The summed E-state index contributed by atoms with van der Waals surface area (Å²) in [5.74, 6) is 0.848. The van der Waals surface area contributed by atoms with Gasteiger partial charge in [0, 0.05) is 5.69 Å². The third kappa shape index (κ3) is 4.16. The fraction of sp³-hybridized carbons (Fsp3) is 0.294. The molecule has 1 aromatic carbocycles. The number of aryl methyl sites for hydroxylation is 1. The van der Waals surface area contributed by atoms with E-state index in [1.807, 2.05) is 30.3 Å². The molecule has 0 bridgehead atoms. The molecule has 5 nitrogen and oxygen atoms in total. The van der Waals surface area contributed by atoms with Crippen LogP contribution < -0.4 is 10.6 Å². The Labute approximate surface area is 138 Å². The summed E-state index contributed by atoms with van der Waals surface area (Å²) in [4.78, 5) is 24.1. The summed E-state index contributed by atoms with van der Waals surface area (Å²) in [5, 5.41) is 5.52. The first-order valence-electron chi connectivity index (χ1n) is 7.52. The van der Waals surface area contributed by atoms with E-state index in [9.17, 15) is 9.59 Å². The van der Waals surface area contributed by atoms with Gasteiger partial charge >= 0.3 is 0 Å². The van der Waals surface area contributed by atoms with E-state index in [-0.39, 0.29) is 22.8 Å². The predicted octanol–water partition coefficient (Wildman–Crippen LogP) is 2.58. The van der Waals surface area contributed by atoms with E-state index in [0.717, 1.165) is 24.1 Å². The number of rotatable bonds is 5. The smallest absolute Gasteiger partial charge is 0.237 e. The first-order chi connectivity index (χ1) is 11.2. The van der Waals surface area contributed by atoms with Gasteiger partial charge in [0.25, 0.3) is 0 Å². The molecule has 6 heteroatoms. The highest BCUT2D eigenvalue weighted by atomic mass is 32.2. The van der Waals surface area contributed by atoms with Crippen LogP contribution in [0.15, 0.2) is 47.1 Å². The second kappa shape index (κ2) is 7.37. The zero-order valence-electron chi connectivity index (χ0n) is 12.6. The molecule has 0 saturated carbocycles. The van der Waals surface area contributed by atoms with Crippen LogP contribution in [0.5, 0.6) is 0 Å². The molecule has 2 aromatic rings. The van der Waals surface area contributed by atoms with Gasteiger partial charge in [0.1, 0.15) is 5.76 Å². The van der Waals surface area contributed by atoms with E-state index < -0.39 is 0 Å². The van der Waals surface area contributed by atoms with E-state index >= 15 is 0 Å². The van der Waals surface area contributed by atoms with Crippen LogP contribution >= 0.6 is 11.8 Å². The van der Waals surface area contributed by atoms with E-state index in [1.54, 1.807) is 12.3 Å². The van der Waals surface area contributed by atoms with Gasteiger partial charge in [-0.1, -0.05) is 18.2 Å². The number of thioether (sulfide) groups is 1. The molecule has 3 rings (SSSR count). The van der Waals surface area contributed by atoms with Crippen molar-refractivity contribution in [2.24, 2.45) is 0 Å². The van der Waals surface area contributed by atoms with Gasteiger partial charge in [0.2, 0.25) is 11.8 Å². The summed E-state index contributed by atoms with van der Waals surface area (Å²) < 4.78 is 5.16. The van der Waals surface area contributed by atoms with Crippen molar-refractivity contribution in [2.45, 2.75) is 24.6 Å². The first-order valence-corrected chi connectivity index (χ1v) is 8.57. The fourth-order valence-corrected chi connectivity index (χ4v) is 3.43. The molecule has 1 aliphatic rings. The maximum atomic E-state index is 12.3. The number of carbonyl (C=O) groups is 2. The Balaban J connectivity index is 1.48. The molecule has 0 fully saturated rings. The summed E-state index contributed by atoms with van der Waals surface area (Å²) in [5.41, 5.74) is 2.02. The molecule has 1 atom stereocenters. The van der Waals surface area contributed by atoms with Crippen LogP contribution in [0.2, 0.25) is 0 Å². The van der Waals surface area contributed by atoms with E-state index in [4.69, 9.17) is 4.42 Å². The molecule has 0 saturated heterocycles. The highest BCUT2D eigenvalue weighted by Gasteiger charge is 2.24. The van der Waals surface area contributed by atoms with Crippen molar-refractivity contribution in [2.75, 3.05) is 11.1 Å². The van der Waals surface area contributed by atoms with Crippen LogP contribution in [0.1, 0.15) is 17.7 Å². The van der Waals surface area contributed by atoms with Gasteiger partial charge in [-0.15, -0.1) is 11.8 Å². The predicted molar refractivity (Wildman–Crippen MR) is 90.2 cm³/mol. The average Bonchev–Trinajstić information content (AvgIpc) is 3.02. The van der Waals surface area contributed by atoms with Gasteiger partial charge in [0.05, 0.1) is 23.8 Å². The molecule has 1 aliphatic heterocycles. The van der Waals surface area contributed by atoms with Crippen molar-refractivity contribution in [3.05, 3.63) is 54.0 Å². The molecule has 0 aliphatic carbocycles. The number of furan rings is 1. The minimum absolute atomic E-state index is 0.0289. The van der Waals surface area contributed by atoms with E-state index in [2.05, 4.69) is 10.6 Å². The Morgan fingerprint density at radius 3 is 3.00 bits per heavy atom. The van der Waals surface area contributed by atoms with Crippen LogP contribution in [0.3, 0.4) is 0 Å². The van der Waals surface area contributed by atoms with Gasteiger partial charge in [0.15, 0.2) is 0 Å². The first kappa shape index (κ1) is 15.7. The minimum Gasteiger partial charge on any atom is -0.467 e. The summed E-state index contributed by atoms with van der Waals surface area (Å²) in [7, 11) is 0. The molecule has 120 valence electrons. The largest absolute Gasteiger partial charge is 0.467 e. The third-order valence-corrected chi connectivity index (χ3v) is 4.98. The zero-order chi connectivity index (χ0) is 16.1. The number of benzene rings is 1. The standard InChI is InChI=1S/C17H18N2O3S/c20-16(18-10-13-5-3-9-22-13)11-23-15-8-7-12-4-1-2-6-14(12)19-17(15)21/h1-6,9,15H,7-8,10-11H2,(H,18,20)(H,19,21). The number of hydrogen-bond acceptors (Lipinski definition) is 4. The van der Waals surface area contributed by atoms with Crippen LogP contribution in [-0.4, -0.2) is 22.8 Å². The normalized spacial score (nSPS) is 17.0. The lowest BCUT2D eigenvalue weighted by Crippen LogP contribution is -2.29. The van der Waals surface area contributed by atoms with E-state index in [1.165, 1.54) is 11.8 Å². The second-order valence-corrected chi connectivity index (χ2v) is 6.53. The third-order valence-electron chi connectivity index (χ3n) is 3.70. The van der Waals surface area contributed by atoms with Gasteiger partial charge in [-0.2, -0.15) is 0 Å². The molecular weight excluding hydrogens is 312 g/mol. The number of para-hydroxylation sites is 1. The Morgan fingerprint density at radius 2 is 2.17 bits per heavy atom. The highest BCUT2D eigenvalue weighted by Crippen LogP contribution is 2.26. The quantitative estimate of drug-likeness (QED) is 0.884. The van der Waals surface area contributed by atoms with Crippen molar-refractivity contribution >= 4 is 29.3 Å². The second-order valence-electron chi connectivity index (χ2n) is 5.34. The van der Waals surface area contributed by atoms with Crippen molar-refractivity contribution < 1.29 is 14.0 Å². The highest BCUT2D eigenvalue weighted by molar-refractivity contribution is 8.01. The van der Waals surface area contributed by atoms with Crippen LogP contribution in [0, 0.1) is 0 Å². The van der Waals surface area contributed by atoms with Crippen molar-refractivity contribution in [3.63, 3.8) is 0 Å². The van der Waals surface area contributed by atoms with Crippen LogP contribution in [0.4, 0.5) is 5.69 Å². The van der Waals surface area contributed by atoms with E-state index in [0.29, 0.717) is 12.3 Å². The molecule has 1 unspecified atom stereocenters. The lowest BCUT2D eigenvalue weighted by molar-refractivity contribution is -0.118. The summed E-state index contributed by atoms with van der Waals surface area (Å²) in [6.07, 6.45) is 3.14. The SMILES string of the molecule is O=C(CSC1CCc2ccccc2NC1=O)NCc1ccco1. The molecule has 2 amide bonds. The van der Waals surface area contributed by atoms with Crippen molar-refractivity contribution in [1.29, 1.82) is 0 Å². The number of hydrogen-bond donors (Lipinski definition) is 2. The van der Waals surface area contributed by atoms with Gasteiger partial charge < -0.3 is 15.1 Å². The minimum atomic E-state index is -0.211. The van der Waals surface area contributed by atoms with Crippen molar-refractivity contribution in [1.82, 2.24) is 5.32 Å². The summed E-state index contributed by atoms with van der Waals surface area (Å²) >= 11 is 1.38. The lowest BCUT2D eigenvalue weighted by Gasteiger charge is -2.12. The molecular formula is C17H18N2O3S. The molecule has 1 aromatic heterocycles. The maximum absolute atomic E-state index is 12.3. The fourth-order valence-electron chi connectivity index (χ4n) is 2.48. The van der Waals surface area contributed by atoms with Gasteiger partial charge in [-0.05, 0) is 36.6 Å². The molecule has 2 N–H and O–H groups in total. The number of anilines is 1. The lowest BCUT2D eigenvalue weighted by atomic mass is 10.1. The van der Waals surface area contributed by atoms with Crippen LogP contribution in [0.25, 0.3) is 0 Å². The topological polar surface area (TPSA) is 71.3 Å². The van der Waals surface area contributed by atoms with Crippen molar-refractivity contribution in [3.8, 4) is 0 Å². The summed E-state index contributed by atoms with van der Waals surface area (Å²) in [6, 6.07) is 11.4. The van der Waals surface area contributed by atoms with Gasteiger partial charge in [-0.25, -0.2) is 0 Å². The molecule has 23 heavy (non-hydrogen) atoms. The number of carbonyl (C=O) groups excluding carboxylic acids is 2. The Bertz CT molecular complexity index is 685. The Hall–Kier alpha value is -2.21. The van der Waals surface area contributed by atoms with Gasteiger partial charge in [-0.3, -0.25) is 9.59 Å². The number of nitrogens with one attached hydrogen (secondary N) is 2. The monoisotopic (exact) mass is 330 g/mol. The molecule has 0 spiro atoms. The number of fused-ring (bicyclic) bond motifs is 1. The average molecular weight is 330 g/mol. The maximum Gasteiger partial charge on any atom is 0.237 e. The zero-order valence-corrected chi connectivity index (χ0v) is 13.4. The summed E-state index contributed by atoms with van der Waals surface area (Å²) in [6.45, 7) is 0.370. The Kier molecular flexibility index (Phi) is 5.02. The Morgan fingerprint density at radius 1 is 1.30 bits per heavy atom. The van der Waals surface area contributed by atoms with Crippen LogP contribution in [-0.2, 0) is 22.6 Å². The molecule has 2 heterocycles. The number of amides is 2.